The van der Waals surface area contributed by atoms with E-state index in [1.165, 1.54) is 0 Å². The van der Waals surface area contributed by atoms with Gasteiger partial charge in [-0.05, 0) is 29.8 Å². The second-order valence-corrected chi connectivity index (χ2v) is 5.60. The minimum absolute atomic E-state index is 0.0350. The molecule has 0 spiro atoms. The predicted octanol–water partition coefficient (Wildman–Crippen LogP) is 3.29. The zero-order chi connectivity index (χ0) is 18.8. The van der Waals surface area contributed by atoms with E-state index in [1.807, 2.05) is 0 Å². The number of rotatable bonds is 5. The van der Waals surface area contributed by atoms with Crippen molar-refractivity contribution in [1.29, 1.82) is 0 Å². The van der Waals surface area contributed by atoms with Crippen LogP contribution in [0.2, 0.25) is 0 Å². The largest absolute Gasteiger partial charge is 0.415 e. The molecule has 0 saturated carbocycles. The number of alkyl halides is 2. The Morgan fingerprint density at radius 2 is 1.78 bits per heavy atom. The minimum atomic E-state index is -2.80. The van der Waals surface area contributed by atoms with Crippen LogP contribution in [0.25, 0.3) is 22.8 Å². The Morgan fingerprint density at radius 3 is 2.44 bits per heavy atom. The monoisotopic (exact) mass is 370 g/mol. The maximum absolute atomic E-state index is 12.5. The fourth-order valence-corrected chi connectivity index (χ4v) is 2.36. The summed E-state index contributed by atoms with van der Waals surface area (Å²) in [4.78, 5) is 8.32. The zero-order valence-corrected chi connectivity index (χ0v) is 13.7. The van der Waals surface area contributed by atoms with Crippen LogP contribution >= 0.6 is 0 Å². The molecule has 4 aromatic rings. The van der Waals surface area contributed by atoms with Crippen molar-refractivity contribution in [3.8, 4) is 22.8 Å². The summed E-state index contributed by atoms with van der Waals surface area (Å²) in [5.74, 6) is 0.578. The van der Waals surface area contributed by atoms with Gasteiger partial charge in [0.15, 0.2) is 0 Å². The van der Waals surface area contributed by atoms with Crippen molar-refractivity contribution in [2.24, 2.45) is 0 Å². The molecule has 0 amide bonds. The van der Waals surface area contributed by atoms with Crippen LogP contribution in [0.1, 0.15) is 23.8 Å². The summed E-state index contributed by atoms with van der Waals surface area (Å²) in [5.41, 5.74) is 7.68. The van der Waals surface area contributed by atoms with E-state index in [0.717, 1.165) is 5.56 Å². The van der Waals surface area contributed by atoms with Crippen LogP contribution in [0, 0.1) is 0 Å². The van der Waals surface area contributed by atoms with Gasteiger partial charge in [-0.25, -0.2) is 4.98 Å². The first kappa shape index (κ1) is 16.8. The molecular weight excluding hydrogens is 358 g/mol. The van der Waals surface area contributed by atoms with E-state index < -0.39 is 12.3 Å². The molecule has 136 valence electrons. The number of hydrogen-bond donors (Lipinski definition) is 1. The highest BCUT2D eigenvalue weighted by atomic mass is 19.3. The van der Waals surface area contributed by atoms with Crippen LogP contribution in [0.3, 0.4) is 0 Å². The van der Waals surface area contributed by atoms with Gasteiger partial charge in [-0.15, -0.1) is 10.2 Å². The first-order valence-electron chi connectivity index (χ1n) is 7.84. The van der Waals surface area contributed by atoms with Crippen molar-refractivity contribution in [1.82, 2.24) is 25.3 Å². The van der Waals surface area contributed by atoms with Crippen molar-refractivity contribution in [2.45, 2.75) is 12.8 Å². The Bertz CT molecular complexity index is 1040. The van der Waals surface area contributed by atoms with Crippen LogP contribution in [0.4, 0.5) is 14.6 Å². The number of nitrogen functional groups attached to an aromatic ring is 1. The molecule has 0 saturated heterocycles. The third-order valence-corrected chi connectivity index (χ3v) is 3.70. The molecule has 10 heteroatoms. The van der Waals surface area contributed by atoms with Crippen molar-refractivity contribution >= 4 is 5.82 Å². The Balaban J connectivity index is 1.48. The summed E-state index contributed by atoms with van der Waals surface area (Å²) in [6, 6.07) is 10.4. The van der Waals surface area contributed by atoms with E-state index in [2.05, 4.69) is 25.3 Å². The number of nitrogens with zero attached hydrogens (tertiary/aromatic N) is 5. The molecule has 4 rings (SSSR count). The smallest absolute Gasteiger partial charge is 0.314 e. The number of hydrogen-bond acceptors (Lipinski definition) is 8. The van der Waals surface area contributed by atoms with Crippen molar-refractivity contribution in [2.75, 3.05) is 5.73 Å². The molecule has 8 nitrogen and oxygen atoms in total. The topological polar surface area (TPSA) is 117 Å². The molecule has 3 aromatic heterocycles. The molecule has 0 aliphatic heterocycles. The second kappa shape index (κ2) is 6.90. The number of nitrogens with two attached hydrogens (primary N) is 1. The number of pyridine rings is 1. The molecule has 0 unspecified atom stereocenters. The summed E-state index contributed by atoms with van der Waals surface area (Å²) in [6.45, 7) is 0. The summed E-state index contributed by atoms with van der Waals surface area (Å²) in [7, 11) is 0. The van der Waals surface area contributed by atoms with Gasteiger partial charge in [0.25, 0.3) is 5.89 Å². The van der Waals surface area contributed by atoms with Gasteiger partial charge in [-0.2, -0.15) is 13.8 Å². The van der Waals surface area contributed by atoms with Crippen molar-refractivity contribution < 1.29 is 17.7 Å². The van der Waals surface area contributed by atoms with Gasteiger partial charge in [0.05, 0.1) is 6.42 Å². The first-order chi connectivity index (χ1) is 13.1. The normalized spacial score (nSPS) is 11.2. The summed E-state index contributed by atoms with van der Waals surface area (Å²) >= 11 is 0. The highest BCUT2D eigenvalue weighted by Crippen LogP contribution is 2.24. The molecule has 0 radical (unpaired) electrons. The van der Waals surface area contributed by atoms with E-state index in [0.29, 0.717) is 35.1 Å². The molecule has 1 aromatic carbocycles. The zero-order valence-electron chi connectivity index (χ0n) is 13.7. The lowest BCUT2D eigenvalue weighted by Crippen LogP contribution is -1.91. The van der Waals surface area contributed by atoms with E-state index in [-0.39, 0.29) is 5.89 Å². The summed E-state index contributed by atoms with van der Waals surface area (Å²) in [5, 5.41) is 10.8. The van der Waals surface area contributed by atoms with Gasteiger partial charge < -0.3 is 14.7 Å². The number of benzene rings is 1. The van der Waals surface area contributed by atoms with Gasteiger partial charge in [-0.1, -0.05) is 17.3 Å². The fraction of sp³-hybridized carbons (Fsp3) is 0.118. The highest BCUT2D eigenvalue weighted by molar-refractivity contribution is 5.55. The number of anilines is 1. The average molecular weight is 370 g/mol. The maximum atomic E-state index is 12.5. The lowest BCUT2D eigenvalue weighted by atomic mass is 10.1. The van der Waals surface area contributed by atoms with Gasteiger partial charge in [-0.3, -0.25) is 0 Å². The van der Waals surface area contributed by atoms with Crippen LogP contribution in [0.15, 0.2) is 51.5 Å². The number of halogens is 2. The van der Waals surface area contributed by atoms with Crippen LogP contribution in [0.5, 0.6) is 0 Å². The van der Waals surface area contributed by atoms with E-state index in [9.17, 15) is 8.78 Å². The summed E-state index contributed by atoms with van der Waals surface area (Å²) < 4.78 is 35.2. The molecule has 0 atom stereocenters. The Kier molecular flexibility index (Phi) is 4.29. The van der Waals surface area contributed by atoms with Crippen molar-refractivity contribution in [3.05, 3.63) is 59.9 Å². The predicted molar refractivity (Wildman–Crippen MR) is 89.4 cm³/mol. The standard InChI is InChI=1S/C17H12F2N6O2/c18-14(19)17-24-23-16(26-17)10-3-1-9(2-4-10)7-13-22-15(25-27-13)11-5-6-12(20)21-8-11/h1-6,8,14H,7H2,(H2,20,21). The first-order valence-corrected chi connectivity index (χ1v) is 7.84. The Labute approximate surface area is 151 Å². The van der Waals surface area contributed by atoms with Gasteiger partial charge in [0.1, 0.15) is 5.82 Å². The number of aromatic nitrogens is 5. The minimum Gasteiger partial charge on any atom is -0.415 e. The molecule has 0 aliphatic rings. The molecule has 2 N–H and O–H groups in total. The molecule has 0 aliphatic carbocycles. The van der Waals surface area contributed by atoms with E-state index >= 15 is 0 Å². The quantitative estimate of drug-likeness (QED) is 0.569. The second-order valence-electron chi connectivity index (χ2n) is 5.60. The van der Waals surface area contributed by atoms with E-state index in [1.54, 1.807) is 42.6 Å². The Morgan fingerprint density at radius 1 is 1.00 bits per heavy atom. The molecule has 0 fully saturated rings. The third-order valence-electron chi connectivity index (χ3n) is 3.70. The Hall–Kier alpha value is -3.69. The molecule has 3 heterocycles. The molecular formula is C17H12F2N6O2. The van der Waals surface area contributed by atoms with Gasteiger partial charge >= 0.3 is 6.43 Å². The lowest BCUT2D eigenvalue weighted by molar-refractivity contribution is 0.116. The third kappa shape index (κ3) is 3.64. The van der Waals surface area contributed by atoms with E-state index in [4.69, 9.17) is 14.7 Å². The van der Waals surface area contributed by atoms with Crippen molar-refractivity contribution in [3.63, 3.8) is 0 Å². The van der Waals surface area contributed by atoms with Crippen LogP contribution < -0.4 is 5.73 Å². The molecule has 27 heavy (non-hydrogen) atoms. The highest BCUT2D eigenvalue weighted by Gasteiger charge is 2.17. The average Bonchev–Trinajstić information content (AvgIpc) is 3.33. The van der Waals surface area contributed by atoms with Gasteiger partial charge in [0, 0.05) is 17.3 Å². The van der Waals surface area contributed by atoms with Crippen LogP contribution in [-0.2, 0) is 6.42 Å². The SMILES string of the molecule is Nc1ccc(-c2noc(Cc3ccc(-c4nnc(C(F)F)o4)cc3)n2)cn1. The fourth-order valence-electron chi connectivity index (χ4n) is 2.36. The van der Waals surface area contributed by atoms with Crippen LogP contribution in [-0.4, -0.2) is 25.3 Å². The van der Waals surface area contributed by atoms with Gasteiger partial charge in [0.2, 0.25) is 17.6 Å². The lowest BCUT2D eigenvalue weighted by Gasteiger charge is -1.99. The molecule has 0 bridgehead atoms. The summed E-state index contributed by atoms with van der Waals surface area (Å²) in [6.07, 6.45) is -0.827. The maximum Gasteiger partial charge on any atom is 0.314 e.